The van der Waals surface area contributed by atoms with Crippen molar-refractivity contribution in [2.75, 3.05) is 20.8 Å². The number of Topliss-reactive ketones (excluding diaryl/α,β-unsaturated/α-hetero) is 1. The highest BCUT2D eigenvalue weighted by Gasteiger charge is 2.57. The molecular formula is C23H22O7. The zero-order valence-corrected chi connectivity index (χ0v) is 17.1. The Bertz CT molecular complexity index is 1100. The maximum absolute atomic E-state index is 13.7. The van der Waals surface area contributed by atoms with Crippen LogP contribution in [0.1, 0.15) is 35.3 Å². The summed E-state index contributed by atoms with van der Waals surface area (Å²) in [4.78, 5) is 13.7. The predicted octanol–water partition coefficient (Wildman–Crippen LogP) is 3.11. The molecule has 0 aromatic heterocycles. The number of benzene rings is 2. The second-order valence-electron chi connectivity index (χ2n) is 8.17. The molecule has 0 fully saturated rings. The van der Waals surface area contributed by atoms with E-state index >= 15 is 0 Å². The molecule has 2 aromatic carbocycles. The molecule has 2 atom stereocenters. The second-order valence-corrected chi connectivity index (χ2v) is 8.17. The molecule has 3 aliphatic heterocycles. The minimum Gasteiger partial charge on any atom is -0.493 e. The number of methoxy groups -OCH3 is 2. The Labute approximate surface area is 173 Å². The number of rotatable bonds is 2. The average Bonchev–Trinajstić information content (AvgIpc) is 2.73. The minimum absolute atomic E-state index is 0.00492. The molecule has 0 radical (unpaired) electrons. The number of hydrogen-bond donors (Lipinski definition) is 1. The standard InChI is InChI=1S/C23H22O7/c1-22(2)7-8-28-14-6-5-12-20(19(14)22)30-18-11-29-15-10-17(27-4)16(26-3)9-13(15)23(18,25)21(12)24/h5-10,18,25H,11H2,1-4H3/t18-,23-/m1/s1. The van der Waals surface area contributed by atoms with Crippen LogP contribution in [0.25, 0.3) is 0 Å². The molecule has 0 bridgehead atoms. The number of ether oxygens (including phenoxy) is 5. The number of carbonyl (C=O) groups is 1. The Balaban J connectivity index is 1.70. The molecule has 0 saturated carbocycles. The predicted molar refractivity (Wildman–Crippen MR) is 107 cm³/mol. The van der Waals surface area contributed by atoms with Gasteiger partial charge in [0.15, 0.2) is 23.2 Å². The fourth-order valence-electron chi connectivity index (χ4n) is 4.41. The van der Waals surface area contributed by atoms with E-state index in [-0.39, 0.29) is 6.61 Å². The maximum Gasteiger partial charge on any atom is 0.206 e. The molecule has 2 aromatic rings. The van der Waals surface area contributed by atoms with E-state index in [1.165, 1.54) is 14.2 Å². The van der Waals surface area contributed by atoms with Gasteiger partial charge in [-0.25, -0.2) is 0 Å². The van der Waals surface area contributed by atoms with Gasteiger partial charge >= 0.3 is 0 Å². The van der Waals surface area contributed by atoms with Crippen LogP contribution in [0.3, 0.4) is 0 Å². The van der Waals surface area contributed by atoms with Crippen molar-refractivity contribution in [1.82, 2.24) is 0 Å². The smallest absolute Gasteiger partial charge is 0.206 e. The van der Waals surface area contributed by atoms with Crippen molar-refractivity contribution in [1.29, 1.82) is 0 Å². The zero-order valence-electron chi connectivity index (χ0n) is 17.1. The lowest BCUT2D eigenvalue weighted by Gasteiger charge is -2.44. The Morgan fingerprint density at radius 3 is 2.57 bits per heavy atom. The first-order valence-corrected chi connectivity index (χ1v) is 9.66. The van der Waals surface area contributed by atoms with Gasteiger partial charge in [0.1, 0.15) is 23.9 Å². The van der Waals surface area contributed by atoms with Crippen molar-refractivity contribution >= 4 is 5.78 Å². The largest absolute Gasteiger partial charge is 0.493 e. The summed E-state index contributed by atoms with van der Waals surface area (Å²) in [6.07, 6.45) is 2.62. The van der Waals surface area contributed by atoms with Crippen LogP contribution in [0, 0.1) is 0 Å². The van der Waals surface area contributed by atoms with Crippen LogP contribution in [0.4, 0.5) is 0 Å². The van der Waals surface area contributed by atoms with Crippen LogP contribution in [0.5, 0.6) is 28.7 Å². The fourth-order valence-corrected chi connectivity index (χ4v) is 4.41. The van der Waals surface area contributed by atoms with Gasteiger partial charge in [-0.2, -0.15) is 0 Å². The van der Waals surface area contributed by atoms with Gasteiger partial charge in [0.2, 0.25) is 5.78 Å². The van der Waals surface area contributed by atoms with Crippen LogP contribution in [0.15, 0.2) is 36.6 Å². The van der Waals surface area contributed by atoms with Gasteiger partial charge in [0, 0.05) is 22.6 Å². The highest BCUT2D eigenvalue weighted by molar-refractivity contribution is 6.07. The zero-order chi connectivity index (χ0) is 21.3. The summed E-state index contributed by atoms with van der Waals surface area (Å²) in [7, 11) is 3.00. The summed E-state index contributed by atoms with van der Waals surface area (Å²) in [5, 5.41) is 11.7. The summed E-state index contributed by atoms with van der Waals surface area (Å²) in [5.74, 6) is 1.80. The maximum atomic E-state index is 13.7. The number of allylic oxidation sites excluding steroid dienone is 1. The molecule has 30 heavy (non-hydrogen) atoms. The van der Waals surface area contributed by atoms with E-state index in [9.17, 15) is 9.90 Å². The van der Waals surface area contributed by atoms with Gasteiger partial charge < -0.3 is 28.8 Å². The lowest BCUT2D eigenvalue weighted by atomic mass is 9.74. The van der Waals surface area contributed by atoms with E-state index in [1.54, 1.807) is 30.5 Å². The second kappa shape index (κ2) is 6.15. The van der Waals surface area contributed by atoms with E-state index in [4.69, 9.17) is 23.7 Å². The third-order valence-corrected chi connectivity index (χ3v) is 6.05. The van der Waals surface area contributed by atoms with Gasteiger partial charge in [0.25, 0.3) is 0 Å². The molecule has 0 amide bonds. The first kappa shape index (κ1) is 18.8. The van der Waals surface area contributed by atoms with Crippen molar-refractivity contribution in [2.24, 2.45) is 0 Å². The minimum atomic E-state index is -1.91. The lowest BCUT2D eigenvalue weighted by Crippen LogP contribution is -2.57. The molecule has 5 rings (SSSR count). The molecule has 3 heterocycles. The quantitative estimate of drug-likeness (QED) is 0.814. The molecule has 1 N–H and O–H groups in total. The number of hydrogen-bond acceptors (Lipinski definition) is 7. The van der Waals surface area contributed by atoms with Gasteiger partial charge in [0.05, 0.1) is 26.0 Å². The summed E-state index contributed by atoms with van der Waals surface area (Å²) in [6.45, 7) is 4.04. The number of carbonyl (C=O) groups excluding carboxylic acids is 1. The Kier molecular flexibility index (Phi) is 3.86. The SMILES string of the molecule is COc1cc2c(cc1OC)[C@]1(O)C(=O)c3ccc4c(c3O[C@@H]1CO2)C(C)(C)C=CO4. The Hall–Kier alpha value is -3.19. The van der Waals surface area contributed by atoms with Crippen molar-refractivity contribution < 1.29 is 33.6 Å². The van der Waals surface area contributed by atoms with Crippen LogP contribution in [-0.2, 0) is 11.0 Å². The summed E-state index contributed by atoms with van der Waals surface area (Å²) in [6, 6.07) is 6.55. The summed E-state index contributed by atoms with van der Waals surface area (Å²) < 4.78 is 28.4. The molecule has 7 nitrogen and oxygen atoms in total. The molecule has 0 saturated heterocycles. The van der Waals surface area contributed by atoms with Gasteiger partial charge in [-0.3, -0.25) is 4.79 Å². The van der Waals surface area contributed by atoms with Crippen LogP contribution < -0.4 is 23.7 Å². The number of fused-ring (bicyclic) bond motifs is 6. The lowest BCUT2D eigenvalue weighted by molar-refractivity contribution is -0.0806. The molecular weight excluding hydrogens is 388 g/mol. The molecule has 7 heteroatoms. The van der Waals surface area contributed by atoms with Crippen LogP contribution >= 0.6 is 0 Å². The van der Waals surface area contributed by atoms with Crippen LogP contribution in [-0.4, -0.2) is 37.8 Å². The van der Waals surface area contributed by atoms with Gasteiger partial charge in [-0.1, -0.05) is 13.8 Å². The highest BCUT2D eigenvalue weighted by atomic mass is 16.6. The average molecular weight is 410 g/mol. The molecule has 0 spiro atoms. The Morgan fingerprint density at radius 2 is 1.83 bits per heavy atom. The van der Waals surface area contributed by atoms with Crippen molar-refractivity contribution in [3.63, 3.8) is 0 Å². The van der Waals surface area contributed by atoms with E-state index in [0.717, 1.165) is 5.56 Å². The molecule has 3 aliphatic rings. The van der Waals surface area contributed by atoms with Crippen molar-refractivity contribution in [3.05, 3.63) is 53.3 Å². The number of ketones is 1. The Morgan fingerprint density at radius 1 is 1.10 bits per heavy atom. The number of aliphatic hydroxyl groups is 1. The van der Waals surface area contributed by atoms with Gasteiger partial charge in [-0.05, 0) is 24.3 Å². The van der Waals surface area contributed by atoms with Crippen molar-refractivity contribution in [3.8, 4) is 28.7 Å². The normalized spacial score (nSPS) is 24.8. The molecule has 0 aliphatic carbocycles. The molecule has 156 valence electrons. The molecule has 0 unspecified atom stereocenters. The van der Waals surface area contributed by atoms with Gasteiger partial charge in [-0.15, -0.1) is 0 Å². The third-order valence-electron chi connectivity index (χ3n) is 6.05. The third kappa shape index (κ3) is 2.32. The first-order valence-electron chi connectivity index (χ1n) is 9.66. The van der Waals surface area contributed by atoms with E-state index in [2.05, 4.69) is 0 Å². The van der Waals surface area contributed by atoms with E-state index in [0.29, 0.717) is 39.9 Å². The fraction of sp³-hybridized carbons (Fsp3) is 0.348. The monoisotopic (exact) mass is 410 g/mol. The van der Waals surface area contributed by atoms with E-state index < -0.39 is 22.9 Å². The first-order chi connectivity index (χ1) is 14.3. The summed E-state index contributed by atoms with van der Waals surface area (Å²) >= 11 is 0. The topological polar surface area (TPSA) is 83.5 Å². The summed E-state index contributed by atoms with van der Waals surface area (Å²) in [5.41, 5.74) is -0.943. The van der Waals surface area contributed by atoms with E-state index in [1.807, 2.05) is 19.9 Å². The highest BCUT2D eigenvalue weighted by Crippen LogP contribution is 2.53. The van der Waals surface area contributed by atoms with Crippen molar-refractivity contribution in [2.45, 2.75) is 31.0 Å². The van der Waals surface area contributed by atoms with Crippen LogP contribution in [0.2, 0.25) is 0 Å².